The maximum atomic E-state index is 13.1. The molecule has 2 saturated heterocycles. The average Bonchev–Trinajstić information content (AvgIpc) is 3.00. The number of likely N-dealkylation sites (N-methyl/N-ethyl adjacent to an activating group) is 1. The van der Waals surface area contributed by atoms with Crippen LogP contribution < -0.4 is 16.4 Å². The Balaban J connectivity index is 1.25. The molecular weight excluding hydrogens is 538 g/mol. The molecule has 224 valence electrons. The van der Waals surface area contributed by atoms with E-state index in [-0.39, 0.29) is 23.5 Å². The smallest absolute Gasteiger partial charge is 0.255 e. The zero-order valence-corrected chi connectivity index (χ0v) is 25.3. The van der Waals surface area contributed by atoms with Crippen molar-refractivity contribution < 1.29 is 4.79 Å². The first-order chi connectivity index (χ1) is 20.7. The minimum atomic E-state index is -0.213. The van der Waals surface area contributed by atoms with Crippen molar-refractivity contribution in [2.24, 2.45) is 0 Å². The van der Waals surface area contributed by atoms with E-state index in [1.54, 1.807) is 12.1 Å². The first kappa shape index (κ1) is 30.2. The van der Waals surface area contributed by atoms with Crippen LogP contribution in [0.2, 0.25) is 0 Å². The van der Waals surface area contributed by atoms with E-state index in [4.69, 9.17) is 11.1 Å². The van der Waals surface area contributed by atoms with E-state index in [2.05, 4.69) is 73.4 Å². The van der Waals surface area contributed by atoms with Gasteiger partial charge < -0.3 is 26.2 Å². The summed E-state index contributed by atoms with van der Waals surface area (Å²) >= 11 is 0. The number of piperazine rings is 1. The van der Waals surface area contributed by atoms with Gasteiger partial charge in [0.2, 0.25) is 0 Å². The summed E-state index contributed by atoms with van der Waals surface area (Å²) in [5, 5.41) is 15.2. The fourth-order valence-electron chi connectivity index (χ4n) is 5.35. The molecule has 0 aliphatic carbocycles. The van der Waals surface area contributed by atoms with Crippen LogP contribution in [0.5, 0.6) is 0 Å². The Bertz CT molecular complexity index is 1510. The van der Waals surface area contributed by atoms with Gasteiger partial charge in [-0.15, -0.1) is 0 Å². The van der Waals surface area contributed by atoms with Crippen LogP contribution in [-0.4, -0.2) is 95.7 Å². The summed E-state index contributed by atoms with van der Waals surface area (Å²) in [6, 6.07) is 13.7. The van der Waals surface area contributed by atoms with Crippen molar-refractivity contribution in [3.05, 3.63) is 76.6 Å². The maximum Gasteiger partial charge on any atom is 0.255 e. The number of piperidine rings is 1. The van der Waals surface area contributed by atoms with E-state index < -0.39 is 0 Å². The van der Waals surface area contributed by atoms with Gasteiger partial charge in [0.1, 0.15) is 23.7 Å². The number of benzene rings is 2. The van der Waals surface area contributed by atoms with Crippen LogP contribution in [0.25, 0.3) is 0 Å². The number of aryl methyl sites for hydroxylation is 1. The van der Waals surface area contributed by atoms with Gasteiger partial charge in [-0.25, -0.2) is 9.97 Å². The third-order valence-corrected chi connectivity index (χ3v) is 8.22. The molecule has 10 heteroatoms. The molecule has 5 N–H and O–H groups in total. The minimum absolute atomic E-state index is 0.0273. The molecule has 3 heterocycles. The van der Waals surface area contributed by atoms with Crippen LogP contribution in [-0.2, 0) is 6.54 Å². The SMILES string of the molecule is Cc1ccc(C(=O)Nc2ccc(CN3CCN(C)CC3)cc2)cc1C#CC(=N)c1c(N)ncnc1NC1CCN(C)CC1. The van der Waals surface area contributed by atoms with Crippen molar-refractivity contribution in [3.8, 4) is 11.8 Å². The van der Waals surface area contributed by atoms with Gasteiger partial charge in [0.15, 0.2) is 0 Å². The lowest BCUT2D eigenvalue weighted by atomic mass is 10.0. The molecule has 2 fully saturated rings. The molecule has 0 atom stereocenters. The Morgan fingerprint density at radius 3 is 2.42 bits per heavy atom. The zero-order valence-electron chi connectivity index (χ0n) is 25.3. The highest BCUT2D eigenvalue weighted by atomic mass is 16.1. The van der Waals surface area contributed by atoms with Crippen molar-refractivity contribution in [1.29, 1.82) is 5.41 Å². The second-order valence-corrected chi connectivity index (χ2v) is 11.6. The fraction of sp³-hybridized carbons (Fsp3) is 0.394. The molecule has 0 radical (unpaired) electrons. The summed E-state index contributed by atoms with van der Waals surface area (Å²) in [7, 11) is 4.27. The fourth-order valence-corrected chi connectivity index (χ4v) is 5.35. The van der Waals surface area contributed by atoms with Crippen molar-refractivity contribution in [2.75, 3.05) is 69.7 Å². The van der Waals surface area contributed by atoms with E-state index in [1.807, 2.05) is 25.1 Å². The van der Waals surface area contributed by atoms with Crippen LogP contribution >= 0.6 is 0 Å². The third-order valence-electron chi connectivity index (χ3n) is 8.22. The number of hydrogen-bond acceptors (Lipinski definition) is 9. The molecule has 3 aromatic rings. The standard InChI is InChI=1S/C33H41N9O/c1-23-4-7-26(33(43)39-27-9-5-24(6-10-27)21-42-18-16-41(3)17-19-42)20-25(23)8-11-29(34)30-31(35)36-22-37-32(30)38-28-12-14-40(2)15-13-28/h4-7,9-10,20,22,28,34H,12-19,21H2,1-3H3,(H,39,43)(H3,35,36,37,38). The number of nitrogens with two attached hydrogens (primary N) is 1. The molecule has 2 aliphatic rings. The van der Waals surface area contributed by atoms with Gasteiger partial charge in [-0.3, -0.25) is 15.1 Å². The first-order valence-electron chi connectivity index (χ1n) is 14.8. The Labute approximate surface area is 254 Å². The first-order valence-corrected chi connectivity index (χ1v) is 14.8. The summed E-state index contributed by atoms with van der Waals surface area (Å²) in [5.41, 5.74) is 10.7. The number of hydrogen-bond donors (Lipinski definition) is 4. The number of likely N-dealkylation sites (tertiary alicyclic amines) is 1. The van der Waals surface area contributed by atoms with Crippen LogP contribution in [0.15, 0.2) is 48.8 Å². The largest absolute Gasteiger partial charge is 0.383 e. The number of nitrogens with one attached hydrogen (secondary N) is 3. The third kappa shape index (κ3) is 7.96. The number of amides is 1. The van der Waals surface area contributed by atoms with Crippen molar-refractivity contribution >= 4 is 28.9 Å². The maximum absolute atomic E-state index is 13.1. The minimum Gasteiger partial charge on any atom is -0.383 e. The summed E-state index contributed by atoms with van der Waals surface area (Å²) < 4.78 is 0. The molecule has 10 nitrogen and oxygen atoms in total. The normalized spacial score (nSPS) is 16.7. The molecule has 2 aliphatic heterocycles. The van der Waals surface area contributed by atoms with E-state index in [0.29, 0.717) is 22.5 Å². The van der Waals surface area contributed by atoms with Crippen LogP contribution in [0.4, 0.5) is 17.3 Å². The second-order valence-electron chi connectivity index (χ2n) is 11.6. The monoisotopic (exact) mass is 579 g/mol. The average molecular weight is 580 g/mol. The van der Waals surface area contributed by atoms with Crippen molar-refractivity contribution in [2.45, 2.75) is 32.4 Å². The molecule has 1 amide bonds. The second kappa shape index (κ2) is 13.8. The highest BCUT2D eigenvalue weighted by Crippen LogP contribution is 2.22. The predicted octanol–water partition coefficient (Wildman–Crippen LogP) is 3.29. The number of aromatic nitrogens is 2. The van der Waals surface area contributed by atoms with Crippen LogP contribution in [0, 0.1) is 24.2 Å². The quantitative estimate of drug-likeness (QED) is 0.248. The Kier molecular flexibility index (Phi) is 9.67. The van der Waals surface area contributed by atoms with Gasteiger partial charge in [0, 0.05) is 55.6 Å². The van der Waals surface area contributed by atoms with E-state index in [9.17, 15) is 4.79 Å². The lowest BCUT2D eigenvalue weighted by molar-refractivity contribution is 0.102. The number of nitrogen functional groups attached to an aromatic ring is 1. The lowest BCUT2D eigenvalue weighted by Crippen LogP contribution is -2.43. The van der Waals surface area contributed by atoms with E-state index >= 15 is 0 Å². The Hall–Kier alpha value is -4.30. The Morgan fingerprint density at radius 1 is 1.00 bits per heavy atom. The van der Waals surface area contributed by atoms with Gasteiger partial charge in [-0.05, 0) is 88.3 Å². The topological polar surface area (TPSA) is 126 Å². The molecule has 0 bridgehead atoms. The number of carbonyl (C=O) groups is 1. The predicted molar refractivity (Wildman–Crippen MR) is 173 cm³/mol. The number of anilines is 3. The van der Waals surface area contributed by atoms with Gasteiger partial charge in [-0.1, -0.05) is 24.1 Å². The van der Waals surface area contributed by atoms with Gasteiger partial charge in [-0.2, -0.15) is 0 Å². The van der Waals surface area contributed by atoms with Crippen LogP contribution in [0.3, 0.4) is 0 Å². The summed E-state index contributed by atoms with van der Waals surface area (Å²) in [6.07, 6.45) is 3.37. The number of carbonyl (C=O) groups excluding carboxylic acids is 1. The highest BCUT2D eigenvalue weighted by molar-refractivity contribution is 6.16. The molecule has 0 spiro atoms. The molecule has 0 saturated carbocycles. The van der Waals surface area contributed by atoms with Gasteiger partial charge in [0.25, 0.3) is 5.91 Å². The van der Waals surface area contributed by atoms with Gasteiger partial charge in [0.05, 0.1) is 5.56 Å². The van der Waals surface area contributed by atoms with Crippen LogP contribution in [0.1, 0.15) is 45.5 Å². The molecule has 2 aromatic carbocycles. The summed E-state index contributed by atoms with van der Waals surface area (Å²) in [4.78, 5) is 28.7. The Morgan fingerprint density at radius 2 is 1.70 bits per heavy atom. The van der Waals surface area contributed by atoms with Gasteiger partial charge >= 0.3 is 0 Å². The number of nitrogens with zero attached hydrogens (tertiary/aromatic N) is 5. The molecular formula is C33H41N9O. The zero-order chi connectivity index (χ0) is 30.3. The van der Waals surface area contributed by atoms with E-state index in [1.165, 1.54) is 11.9 Å². The summed E-state index contributed by atoms with van der Waals surface area (Å²) in [6.45, 7) is 9.14. The molecule has 5 rings (SSSR count). The van der Waals surface area contributed by atoms with Crippen molar-refractivity contribution in [1.82, 2.24) is 24.7 Å². The molecule has 1 aromatic heterocycles. The van der Waals surface area contributed by atoms with E-state index in [0.717, 1.165) is 69.9 Å². The number of rotatable bonds is 7. The highest BCUT2D eigenvalue weighted by Gasteiger charge is 2.21. The van der Waals surface area contributed by atoms with Crippen molar-refractivity contribution in [3.63, 3.8) is 0 Å². The molecule has 0 unspecified atom stereocenters. The lowest BCUT2D eigenvalue weighted by Gasteiger charge is -2.32. The molecule has 43 heavy (non-hydrogen) atoms. The summed E-state index contributed by atoms with van der Waals surface area (Å²) in [5.74, 6) is 6.53.